The Morgan fingerprint density at radius 3 is 2.06 bits per heavy atom. The first-order valence-corrected chi connectivity index (χ1v) is 9.60. The van der Waals surface area contributed by atoms with Gasteiger partial charge in [0.05, 0.1) is 13.7 Å². The monoisotopic (exact) mass is 427 g/mol. The van der Waals surface area contributed by atoms with E-state index in [1.807, 2.05) is 60.7 Å². The largest absolute Gasteiger partial charge is 0.468 e. The lowest BCUT2D eigenvalue weighted by Crippen LogP contribution is -2.50. The number of benzene rings is 2. The summed E-state index contributed by atoms with van der Waals surface area (Å²) in [5.41, 5.74) is 1.63. The van der Waals surface area contributed by atoms with Gasteiger partial charge in [-0.05, 0) is 11.1 Å². The van der Waals surface area contributed by atoms with Crippen molar-refractivity contribution in [2.75, 3.05) is 20.2 Å². The molecule has 0 bridgehead atoms. The number of carbonyl (C=O) groups is 4. The standard InChI is InChI=1S/C22H25N3O6/c1-30-20(27)14-23-19(26)13-24-21(28)18(12-16-8-4-2-5-9-16)25-22(29)31-15-17-10-6-3-7-11-17/h2-11,18H,12-15H2,1H3,(H,23,26)(H,24,28)(H,25,29). The van der Waals surface area contributed by atoms with Gasteiger partial charge in [-0.25, -0.2) is 4.79 Å². The van der Waals surface area contributed by atoms with Crippen LogP contribution >= 0.6 is 0 Å². The molecule has 2 aromatic carbocycles. The third kappa shape index (κ3) is 8.99. The van der Waals surface area contributed by atoms with Crippen molar-refractivity contribution < 1.29 is 28.7 Å². The zero-order valence-electron chi connectivity index (χ0n) is 17.1. The Balaban J connectivity index is 1.92. The first kappa shape index (κ1) is 23.4. The zero-order valence-corrected chi connectivity index (χ0v) is 17.1. The van der Waals surface area contributed by atoms with Gasteiger partial charge in [-0.2, -0.15) is 0 Å². The van der Waals surface area contributed by atoms with Gasteiger partial charge in [0.2, 0.25) is 11.8 Å². The van der Waals surface area contributed by atoms with Gasteiger partial charge in [0, 0.05) is 6.42 Å². The fraction of sp³-hybridized carbons (Fsp3) is 0.273. The van der Waals surface area contributed by atoms with Crippen molar-refractivity contribution in [1.29, 1.82) is 0 Å². The van der Waals surface area contributed by atoms with Crippen molar-refractivity contribution in [2.45, 2.75) is 19.1 Å². The maximum atomic E-state index is 12.6. The van der Waals surface area contributed by atoms with Crippen molar-refractivity contribution in [2.24, 2.45) is 0 Å². The van der Waals surface area contributed by atoms with Crippen molar-refractivity contribution in [1.82, 2.24) is 16.0 Å². The predicted molar refractivity (Wildman–Crippen MR) is 112 cm³/mol. The molecule has 31 heavy (non-hydrogen) atoms. The summed E-state index contributed by atoms with van der Waals surface area (Å²) >= 11 is 0. The molecule has 0 aromatic heterocycles. The quantitative estimate of drug-likeness (QED) is 0.485. The summed E-state index contributed by atoms with van der Waals surface area (Å²) in [6.45, 7) is -0.604. The van der Waals surface area contributed by atoms with Gasteiger partial charge in [-0.1, -0.05) is 60.7 Å². The molecule has 9 heteroatoms. The molecule has 164 valence electrons. The molecule has 0 saturated heterocycles. The van der Waals surface area contributed by atoms with Gasteiger partial charge in [-0.3, -0.25) is 14.4 Å². The zero-order chi connectivity index (χ0) is 22.5. The van der Waals surface area contributed by atoms with Crippen LogP contribution in [0.5, 0.6) is 0 Å². The van der Waals surface area contributed by atoms with Crippen LogP contribution in [0, 0.1) is 0 Å². The highest BCUT2D eigenvalue weighted by Crippen LogP contribution is 2.05. The maximum Gasteiger partial charge on any atom is 0.408 e. The summed E-state index contributed by atoms with van der Waals surface area (Å²) in [4.78, 5) is 47.7. The van der Waals surface area contributed by atoms with Crippen LogP contribution in [0.2, 0.25) is 0 Å². The summed E-state index contributed by atoms with van der Waals surface area (Å²) in [5, 5.41) is 7.31. The number of carbonyl (C=O) groups excluding carboxylic acids is 4. The van der Waals surface area contributed by atoms with Gasteiger partial charge in [0.25, 0.3) is 0 Å². The van der Waals surface area contributed by atoms with Crippen LogP contribution in [0.1, 0.15) is 11.1 Å². The van der Waals surface area contributed by atoms with Crippen LogP contribution in [0.4, 0.5) is 4.79 Å². The number of rotatable bonds is 10. The number of amides is 3. The Kier molecular flexibility index (Phi) is 9.54. The van der Waals surface area contributed by atoms with E-state index in [1.165, 1.54) is 7.11 Å². The highest BCUT2D eigenvalue weighted by molar-refractivity contribution is 5.90. The van der Waals surface area contributed by atoms with Crippen LogP contribution in [-0.4, -0.2) is 50.1 Å². The highest BCUT2D eigenvalue weighted by Gasteiger charge is 2.22. The second-order valence-corrected chi connectivity index (χ2v) is 6.52. The maximum absolute atomic E-state index is 12.6. The minimum absolute atomic E-state index is 0.0578. The molecule has 0 aliphatic carbocycles. The van der Waals surface area contributed by atoms with Crippen molar-refractivity contribution in [3.05, 3.63) is 71.8 Å². The number of esters is 1. The summed E-state index contributed by atoms with van der Waals surface area (Å²) in [6.07, 6.45) is -0.549. The summed E-state index contributed by atoms with van der Waals surface area (Å²) in [6, 6.07) is 17.3. The summed E-state index contributed by atoms with van der Waals surface area (Å²) in [5.74, 6) is -1.73. The van der Waals surface area contributed by atoms with Crippen molar-refractivity contribution >= 4 is 23.9 Å². The molecule has 1 unspecified atom stereocenters. The molecular weight excluding hydrogens is 402 g/mol. The molecule has 2 rings (SSSR count). The highest BCUT2D eigenvalue weighted by atomic mass is 16.5. The summed E-state index contributed by atoms with van der Waals surface area (Å²) < 4.78 is 9.62. The lowest BCUT2D eigenvalue weighted by atomic mass is 10.1. The molecule has 1 atom stereocenters. The molecule has 3 N–H and O–H groups in total. The molecule has 2 aromatic rings. The molecule has 0 radical (unpaired) electrons. The lowest BCUT2D eigenvalue weighted by molar-refractivity contribution is -0.141. The number of methoxy groups -OCH3 is 1. The molecule has 0 saturated carbocycles. The number of hydrogen-bond donors (Lipinski definition) is 3. The van der Waals surface area contributed by atoms with E-state index in [0.29, 0.717) is 0 Å². The molecule has 0 heterocycles. The molecular formula is C22H25N3O6. The lowest BCUT2D eigenvalue weighted by Gasteiger charge is -2.18. The van der Waals surface area contributed by atoms with Gasteiger partial charge in [0.15, 0.2) is 0 Å². The minimum atomic E-state index is -0.959. The van der Waals surface area contributed by atoms with E-state index in [2.05, 4.69) is 20.7 Å². The second kappa shape index (κ2) is 12.6. The third-order valence-corrected chi connectivity index (χ3v) is 4.18. The number of hydrogen-bond acceptors (Lipinski definition) is 6. The Morgan fingerprint density at radius 1 is 0.839 bits per heavy atom. The van der Waals surface area contributed by atoms with Crippen LogP contribution in [0.3, 0.4) is 0 Å². The van der Waals surface area contributed by atoms with Gasteiger partial charge >= 0.3 is 12.1 Å². The van der Waals surface area contributed by atoms with E-state index in [1.54, 1.807) is 0 Å². The van der Waals surface area contributed by atoms with E-state index in [4.69, 9.17) is 4.74 Å². The Hall–Kier alpha value is -3.88. The number of alkyl carbamates (subject to hydrolysis) is 1. The Morgan fingerprint density at radius 2 is 1.45 bits per heavy atom. The van der Waals surface area contributed by atoms with E-state index in [9.17, 15) is 19.2 Å². The van der Waals surface area contributed by atoms with E-state index in [-0.39, 0.29) is 26.1 Å². The summed E-state index contributed by atoms with van der Waals surface area (Å²) in [7, 11) is 1.20. The molecule has 9 nitrogen and oxygen atoms in total. The number of ether oxygens (including phenoxy) is 2. The smallest absolute Gasteiger partial charge is 0.408 e. The molecule has 0 fully saturated rings. The van der Waals surface area contributed by atoms with E-state index >= 15 is 0 Å². The second-order valence-electron chi connectivity index (χ2n) is 6.52. The Labute approximate surface area is 180 Å². The molecule has 3 amide bonds. The van der Waals surface area contributed by atoms with Crippen LogP contribution < -0.4 is 16.0 Å². The predicted octanol–water partition coefficient (Wildman–Crippen LogP) is 0.930. The van der Waals surface area contributed by atoms with Gasteiger partial charge < -0.3 is 25.4 Å². The Bertz CT molecular complexity index is 873. The average molecular weight is 427 g/mol. The molecule has 0 aliphatic rings. The normalized spacial score (nSPS) is 11.0. The first-order chi connectivity index (χ1) is 15.0. The van der Waals surface area contributed by atoms with E-state index < -0.39 is 29.9 Å². The SMILES string of the molecule is COC(=O)CNC(=O)CNC(=O)C(Cc1ccccc1)NC(=O)OCc1ccccc1. The fourth-order valence-corrected chi connectivity index (χ4v) is 2.56. The van der Waals surface area contributed by atoms with Crippen molar-refractivity contribution in [3.8, 4) is 0 Å². The topological polar surface area (TPSA) is 123 Å². The fourth-order valence-electron chi connectivity index (χ4n) is 2.56. The third-order valence-electron chi connectivity index (χ3n) is 4.18. The molecule has 0 aliphatic heterocycles. The van der Waals surface area contributed by atoms with Crippen LogP contribution in [-0.2, 0) is 36.9 Å². The van der Waals surface area contributed by atoms with Crippen molar-refractivity contribution in [3.63, 3.8) is 0 Å². The van der Waals surface area contributed by atoms with Crippen LogP contribution in [0.25, 0.3) is 0 Å². The van der Waals surface area contributed by atoms with Gasteiger partial charge in [-0.15, -0.1) is 0 Å². The van der Waals surface area contributed by atoms with Crippen LogP contribution in [0.15, 0.2) is 60.7 Å². The first-order valence-electron chi connectivity index (χ1n) is 9.60. The van der Waals surface area contributed by atoms with E-state index in [0.717, 1.165) is 11.1 Å². The number of nitrogens with one attached hydrogen (secondary N) is 3. The average Bonchev–Trinajstić information content (AvgIpc) is 2.80. The minimum Gasteiger partial charge on any atom is -0.468 e. The van der Waals surface area contributed by atoms with Gasteiger partial charge in [0.1, 0.15) is 19.2 Å². The molecule has 0 spiro atoms.